The summed E-state index contributed by atoms with van der Waals surface area (Å²) in [5.74, 6) is -4.91. The molecule has 7 heterocycles. The zero-order valence-electron chi connectivity index (χ0n) is 81.4. The highest BCUT2D eigenvalue weighted by atomic mass is 19.1. The third-order valence-electron chi connectivity index (χ3n) is 24.9. The van der Waals surface area contributed by atoms with Crippen LogP contribution in [0.4, 0.5) is 90.8 Å². The number of aryl methyl sites for hydroxylation is 2. The smallest absolute Gasteiger partial charge is 0.407 e. The number of pyridine rings is 7. The van der Waals surface area contributed by atoms with Crippen LogP contribution >= 0.6 is 0 Å². The number of halogens is 4. The number of fused-ring (bicyclic) bond motifs is 3. The van der Waals surface area contributed by atoms with E-state index in [0.29, 0.717) is 40.8 Å². The first-order chi connectivity index (χ1) is 67.0. The van der Waals surface area contributed by atoms with Gasteiger partial charge >= 0.3 is 12.2 Å². The monoisotopic (exact) mass is 1930 g/mol. The number of aromatic nitrogens is 7. The molecule has 7 aromatic heterocycles. The van der Waals surface area contributed by atoms with E-state index in [4.69, 9.17) is 38.1 Å². The number of nitrogens with two attached hydrogens (primary N) is 5. The van der Waals surface area contributed by atoms with E-state index in [-0.39, 0.29) is 123 Å². The molecule has 8 atom stereocenters. The minimum absolute atomic E-state index is 0.00322. The van der Waals surface area contributed by atoms with Crippen molar-refractivity contribution < 1.29 is 60.9 Å². The van der Waals surface area contributed by atoms with Gasteiger partial charge in [0.05, 0.1) is 56.4 Å². The Balaban J connectivity index is 0.000000161. The van der Waals surface area contributed by atoms with Crippen molar-refractivity contribution in [2.45, 2.75) is 256 Å². The lowest BCUT2D eigenvalue weighted by molar-refractivity contribution is 0.0477. The molecule has 4 saturated carbocycles. The summed E-state index contributed by atoms with van der Waals surface area (Å²) in [6.45, 7) is 22.2. The van der Waals surface area contributed by atoms with Gasteiger partial charge in [-0.05, 0) is 230 Å². The van der Waals surface area contributed by atoms with Crippen molar-refractivity contribution in [3.05, 3.63) is 244 Å². The van der Waals surface area contributed by atoms with Gasteiger partial charge in [0, 0.05) is 94.1 Å². The summed E-state index contributed by atoms with van der Waals surface area (Å²) in [5, 5.41) is 46.5. The molecule has 0 saturated heterocycles. The molecule has 4 fully saturated rings. The Morgan fingerprint density at radius 2 is 0.681 bits per heavy atom. The quantitative estimate of drug-likeness (QED) is 0.0250. The summed E-state index contributed by atoms with van der Waals surface area (Å²) in [6, 6.07) is 44.1. The normalized spacial score (nSPS) is 18.1. The van der Waals surface area contributed by atoms with Gasteiger partial charge in [-0.25, -0.2) is 47.1 Å². The summed E-state index contributed by atoms with van der Waals surface area (Å²) in [4.78, 5) is 106. The summed E-state index contributed by atoms with van der Waals surface area (Å²) in [5.41, 5.74) is 34.3. The van der Waals surface area contributed by atoms with E-state index in [0.717, 1.165) is 152 Å². The van der Waals surface area contributed by atoms with Gasteiger partial charge in [0.1, 0.15) is 45.7 Å². The number of nitrogens with one attached hydrogen (secondary N) is 11. The predicted octanol–water partition coefficient (Wildman–Crippen LogP) is 19.1. The number of phenols is 1. The fourth-order valence-corrected chi connectivity index (χ4v) is 17.7. The van der Waals surface area contributed by atoms with E-state index < -0.39 is 81.4 Å². The third-order valence-corrected chi connectivity index (χ3v) is 24.9. The number of rotatable bonds is 24. The van der Waals surface area contributed by atoms with Crippen molar-refractivity contribution >= 4 is 132 Å². The van der Waals surface area contributed by atoms with Gasteiger partial charge in [-0.3, -0.25) is 34.1 Å². The fourth-order valence-electron chi connectivity index (χ4n) is 17.7. The Bertz CT molecular complexity index is 6340. The molecule has 0 bridgehead atoms. The highest BCUT2D eigenvalue weighted by Crippen LogP contribution is 2.38. The number of primary amides is 2. The second-order valence-electron chi connectivity index (χ2n) is 39.2. The SMILES string of the molecule is CC(C)(C)OC(=O)N[C@H]1CCCC[C@H]1Nc1nc(N)c(C(=O)NC(C)(C)c2ccccc2)cc1F.Cc1cc(Nc2nc(N[C@@H]3CCCC[C@@H]3N)c(F)cc2C(N)=O)cc2cccnc12.Cc1cc(Nc2nc(N[C@@H]3CCCC[C@@H]3NC(=O)OC(C)(C)C)c(F)cc2C(=O)NC(C)(C)c2ccccc2)cc2cccnc12.NC(=O)c1cc(F)c(N[C@@H]2CCCC[C@@H]2N)nc1Nc1cc(O)c2ncccc2c1. The van der Waals surface area contributed by atoms with Crippen LogP contribution in [0.25, 0.3) is 32.7 Å². The molecule has 4 aliphatic rings. The minimum Gasteiger partial charge on any atom is -0.506 e. The lowest BCUT2D eigenvalue weighted by atomic mass is 9.90. The molecule has 4 aliphatic carbocycles. The van der Waals surface area contributed by atoms with Crippen LogP contribution in [0, 0.1) is 37.1 Å². The molecule has 22 N–H and O–H groups in total. The maximum absolute atomic E-state index is 15.9. The van der Waals surface area contributed by atoms with E-state index in [9.17, 15) is 42.7 Å². The standard InChI is InChI=1S/C36H43FN6O3.C26H36FN5O3.C22H25FN6O.C21H23FN6O2/c1-22-19-25(20-23-13-12-18-38-30(22)23)39-31-26(33(44)43-36(5,6)24-14-8-7-9-15-24)21-27(37)32(42-31)40-28-16-10-11-17-29(28)41-34(45)46-35(2,3)4;1-25(2,3)35-24(34)30-20-14-10-9-13-19(20)29-22-18(27)15-17(21(28)31-22)23(33)32-26(4,5)16-11-7-6-8-12-16;1-12-9-14(10-13-5-4-8-26-19(12)13)27-21-15(20(25)30)11-16(23)22(29-21)28-18-7-3-2-6-17(18)24;22-14-10-13(19(24)30)20(28-21(14)27-16-6-2-1-5-15(16)23)26-12-8-11-4-3-7-25-18(11)17(29)9-12/h7-9,12-15,18-21,28-29H,10-11,16-17H2,1-6H3,(H,41,45)(H,43,44)(H2,39,40,42);6-8,11-12,15,19-20H,9-10,13-14H2,1-5H3,(H,30,34)(H,32,33)(H3,28,29,31);4-5,8-11,17-18H,2-3,6-7,24H2,1H3,(H2,25,30)(H2,27,28,29);3-4,7-10,15-16,29H,1-2,5-6,23H2,(H2,24,30)(H2,26,27,28)/t28-,29+;19-,20+;17-,18+;15-,16+/m1100/s1. The topological polar surface area (TPSA) is 494 Å². The number of phenolic OH excluding ortho intramolecular Hbond substituents is 1. The van der Waals surface area contributed by atoms with Crippen LogP contribution in [0.2, 0.25) is 0 Å². The van der Waals surface area contributed by atoms with Crippen LogP contribution in [-0.4, -0.2) is 135 Å². The molecule has 0 aliphatic heterocycles. The first-order valence-corrected chi connectivity index (χ1v) is 47.6. The Hall–Kier alpha value is -14.8. The minimum atomic E-state index is -0.823. The average molecular weight is 1930 g/mol. The molecule has 12 aromatic rings. The molecule has 0 radical (unpaired) electrons. The maximum atomic E-state index is 15.9. The van der Waals surface area contributed by atoms with Gasteiger partial charge in [-0.1, -0.05) is 130 Å². The number of aromatic hydroxyl groups is 1. The van der Waals surface area contributed by atoms with Crippen LogP contribution in [0.5, 0.6) is 5.75 Å². The van der Waals surface area contributed by atoms with Gasteiger partial charge in [-0.15, -0.1) is 0 Å². The van der Waals surface area contributed by atoms with Crippen LogP contribution in [-0.2, 0) is 20.6 Å². The molecular formula is C105H127F4N23O9. The van der Waals surface area contributed by atoms with E-state index >= 15 is 8.78 Å². The van der Waals surface area contributed by atoms with Crippen LogP contribution < -0.4 is 87.2 Å². The second kappa shape index (κ2) is 45.4. The Morgan fingerprint density at radius 1 is 0.369 bits per heavy atom. The molecule has 6 amide bonds. The lowest BCUT2D eigenvalue weighted by Gasteiger charge is -2.34. The van der Waals surface area contributed by atoms with Gasteiger partial charge in [0.2, 0.25) is 0 Å². The summed E-state index contributed by atoms with van der Waals surface area (Å²) >= 11 is 0. The number of ether oxygens (including phenoxy) is 2. The van der Waals surface area contributed by atoms with Crippen molar-refractivity contribution in [2.75, 3.05) is 43.0 Å². The number of nitrogen functional groups attached to an aromatic ring is 1. The highest BCUT2D eigenvalue weighted by Gasteiger charge is 2.36. The average Bonchev–Trinajstić information content (AvgIpc) is 0.785. The van der Waals surface area contributed by atoms with Crippen molar-refractivity contribution in [1.29, 1.82) is 0 Å². The largest absolute Gasteiger partial charge is 0.506 e. The third kappa shape index (κ3) is 27.6. The zero-order valence-corrected chi connectivity index (χ0v) is 81.4. The molecule has 744 valence electrons. The van der Waals surface area contributed by atoms with E-state index in [1.54, 1.807) is 57.6 Å². The van der Waals surface area contributed by atoms with Crippen molar-refractivity contribution in [3.63, 3.8) is 0 Å². The van der Waals surface area contributed by atoms with Crippen LogP contribution in [0.3, 0.4) is 0 Å². The van der Waals surface area contributed by atoms with E-state index in [1.165, 1.54) is 12.1 Å². The fraction of sp³-hybridized carbons (Fsp3) is 0.381. The maximum Gasteiger partial charge on any atom is 0.407 e. The number of nitrogens with zero attached hydrogens (tertiary/aromatic N) is 7. The number of anilines is 11. The molecule has 32 nitrogen and oxygen atoms in total. The van der Waals surface area contributed by atoms with E-state index in [1.807, 2.05) is 172 Å². The number of carbonyl (C=O) groups excluding carboxylic acids is 6. The lowest BCUT2D eigenvalue weighted by Crippen LogP contribution is -2.50. The summed E-state index contributed by atoms with van der Waals surface area (Å²) in [7, 11) is 0. The van der Waals surface area contributed by atoms with Gasteiger partial charge in [0.15, 0.2) is 46.5 Å². The number of hydrogen-bond donors (Lipinski definition) is 17. The number of alkyl carbamates (subject to hydrolysis) is 2. The first-order valence-electron chi connectivity index (χ1n) is 47.6. The van der Waals surface area contributed by atoms with Crippen LogP contribution in [0.1, 0.15) is 236 Å². The summed E-state index contributed by atoms with van der Waals surface area (Å²) < 4.78 is 71.1. The number of benzene rings is 5. The van der Waals surface area contributed by atoms with Crippen LogP contribution in [0.15, 0.2) is 176 Å². The van der Waals surface area contributed by atoms with Gasteiger partial charge in [0.25, 0.3) is 23.6 Å². The second-order valence-corrected chi connectivity index (χ2v) is 39.2. The Kier molecular flexibility index (Phi) is 33.4. The van der Waals surface area contributed by atoms with Gasteiger partial charge in [-0.2, -0.15) is 0 Å². The molecule has 141 heavy (non-hydrogen) atoms. The number of carbonyl (C=O) groups is 6. The number of amides is 6. The molecule has 5 aromatic carbocycles. The Labute approximate surface area is 817 Å². The van der Waals surface area contributed by atoms with Crippen molar-refractivity contribution in [1.82, 2.24) is 56.2 Å². The molecule has 16 rings (SSSR count). The van der Waals surface area contributed by atoms with E-state index in [2.05, 4.69) is 93.4 Å². The molecular weight excluding hydrogens is 1800 g/mol. The van der Waals surface area contributed by atoms with Crippen molar-refractivity contribution in [3.8, 4) is 5.75 Å². The summed E-state index contributed by atoms with van der Waals surface area (Å²) in [6.07, 6.45) is 18.1. The van der Waals surface area contributed by atoms with Crippen molar-refractivity contribution in [2.24, 2.45) is 22.9 Å². The first kappa shape index (κ1) is 104. The molecule has 0 spiro atoms. The molecule has 36 heteroatoms. The molecule has 0 unspecified atom stereocenters. The van der Waals surface area contributed by atoms with Gasteiger partial charge < -0.3 is 102 Å². The predicted molar refractivity (Wildman–Crippen MR) is 544 cm³/mol. The highest BCUT2D eigenvalue weighted by molar-refractivity contribution is 6.03. The zero-order chi connectivity index (χ0) is 101. The Morgan fingerprint density at radius 3 is 1.06 bits per heavy atom. The number of hydrogen-bond acceptors (Lipinski definition) is 26.